The van der Waals surface area contributed by atoms with E-state index in [4.69, 9.17) is 11.1 Å². The molecule has 0 aromatic heterocycles. The molecule has 33 heavy (non-hydrogen) atoms. The number of carboxylic acids is 1. The van der Waals surface area contributed by atoms with Crippen LogP contribution in [0.5, 0.6) is 0 Å². The van der Waals surface area contributed by atoms with Crippen LogP contribution < -0.4 is 16.4 Å². The lowest BCUT2D eigenvalue weighted by Crippen LogP contribution is -2.21. The number of hydrogen-bond acceptors (Lipinski definition) is 5. The van der Waals surface area contributed by atoms with Gasteiger partial charge in [-0.25, -0.2) is 8.42 Å². The van der Waals surface area contributed by atoms with Crippen LogP contribution in [0.15, 0.2) is 83.8 Å². The molecule has 0 aliphatic rings. The number of guanidine groups is 1. The average molecular weight is 467 g/mol. The van der Waals surface area contributed by atoms with Crippen LogP contribution in [0.25, 0.3) is 0 Å². The molecule has 3 rings (SSSR count). The second-order valence-electron chi connectivity index (χ2n) is 7.11. The number of nitrogens with one attached hydrogen (secondary N) is 3. The zero-order valence-electron chi connectivity index (χ0n) is 17.4. The molecule has 1 unspecified atom stereocenters. The highest BCUT2D eigenvalue weighted by Gasteiger charge is 2.33. The third-order valence-electron chi connectivity index (χ3n) is 4.75. The number of nitrogens with two attached hydrogens (primary N) is 1. The Kier molecular flexibility index (Phi) is 7.09. The summed E-state index contributed by atoms with van der Waals surface area (Å²) < 4.78 is 27.0. The SMILES string of the molecule is N=C(N)Nc1cccc(C(=O)Nc2ccccc2S(=O)(=O)C(CC(=O)O)c2ccccc2)c1. The van der Waals surface area contributed by atoms with E-state index in [2.05, 4.69) is 10.6 Å². The largest absolute Gasteiger partial charge is 0.481 e. The zero-order chi connectivity index (χ0) is 24.0. The molecule has 6 N–H and O–H groups in total. The number of anilines is 2. The Balaban J connectivity index is 1.97. The number of benzene rings is 3. The molecule has 9 nitrogen and oxygen atoms in total. The van der Waals surface area contributed by atoms with Gasteiger partial charge in [-0.05, 0) is 35.9 Å². The lowest BCUT2D eigenvalue weighted by Gasteiger charge is -2.19. The fraction of sp³-hybridized carbons (Fsp3) is 0.0870. The summed E-state index contributed by atoms with van der Waals surface area (Å²) in [5.74, 6) is -2.14. The van der Waals surface area contributed by atoms with Gasteiger partial charge in [-0.2, -0.15) is 0 Å². The predicted octanol–water partition coefficient (Wildman–Crippen LogP) is 3.23. The van der Waals surface area contributed by atoms with Gasteiger partial charge in [0.25, 0.3) is 5.91 Å². The molecule has 3 aromatic rings. The minimum atomic E-state index is -4.18. The molecule has 10 heteroatoms. The van der Waals surface area contributed by atoms with Crippen LogP contribution in [0.4, 0.5) is 11.4 Å². The number of sulfone groups is 1. The van der Waals surface area contributed by atoms with Gasteiger partial charge in [0.2, 0.25) is 0 Å². The van der Waals surface area contributed by atoms with E-state index < -0.39 is 33.4 Å². The Bertz CT molecular complexity index is 1290. The molecule has 0 bridgehead atoms. The van der Waals surface area contributed by atoms with Crippen molar-refractivity contribution in [1.29, 1.82) is 5.41 Å². The van der Waals surface area contributed by atoms with E-state index in [1.807, 2.05) is 0 Å². The molecule has 1 amide bonds. The van der Waals surface area contributed by atoms with Gasteiger partial charge in [0.15, 0.2) is 15.8 Å². The number of aliphatic carboxylic acids is 1. The Labute approximate surface area is 190 Å². The van der Waals surface area contributed by atoms with Crippen molar-refractivity contribution in [2.24, 2.45) is 5.73 Å². The molecule has 3 aromatic carbocycles. The Morgan fingerprint density at radius 2 is 1.61 bits per heavy atom. The van der Waals surface area contributed by atoms with Gasteiger partial charge in [0, 0.05) is 11.3 Å². The highest BCUT2D eigenvalue weighted by atomic mass is 32.2. The van der Waals surface area contributed by atoms with E-state index in [-0.39, 0.29) is 22.1 Å². The summed E-state index contributed by atoms with van der Waals surface area (Å²) in [4.78, 5) is 24.1. The zero-order valence-corrected chi connectivity index (χ0v) is 18.2. The molecule has 1 atom stereocenters. The first kappa shape index (κ1) is 23.5. The first-order valence-corrected chi connectivity index (χ1v) is 11.3. The Hall–Kier alpha value is -4.18. The second-order valence-corrected chi connectivity index (χ2v) is 9.21. The summed E-state index contributed by atoms with van der Waals surface area (Å²) in [6, 6.07) is 20.1. The monoisotopic (exact) mass is 466 g/mol. The molecular weight excluding hydrogens is 444 g/mol. The molecule has 0 aliphatic carbocycles. The molecular formula is C23H22N4O5S. The first-order valence-electron chi connectivity index (χ1n) is 9.80. The van der Waals surface area contributed by atoms with Crippen LogP contribution in [0, 0.1) is 5.41 Å². The molecule has 0 aliphatic heterocycles. The van der Waals surface area contributed by atoms with Gasteiger partial charge < -0.3 is 21.5 Å². The molecule has 170 valence electrons. The lowest BCUT2D eigenvalue weighted by molar-refractivity contribution is -0.137. The van der Waals surface area contributed by atoms with Crippen molar-refractivity contribution in [2.45, 2.75) is 16.6 Å². The number of rotatable bonds is 8. The van der Waals surface area contributed by atoms with Crippen molar-refractivity contribution in [2.75, 3.05) is 10.6 Å². The van der Waals surface area contributed by atoms with Crippen LogP contribution in [-0.4, -0.2) is 31.4 Å². The number of amides is 1. The second kappa shape index (κ2) is 9.96. The Morgan fingerprint density at radius 1 is 0.939 bits per heavy atom. The summed E-state index contributed by atoms with van der Waals surface area (Å²) >= 11 is 0. The van der Waals surface area contributed by atoms with Crippen LogP contribution in [0.3, 0.4) is 0 Å². The molecule has 0 radical (unpaired) electrons. The highest BCUT2D eigenvalue weighted by Crippen LogP contribution is 2.35. The van der Waals surface area contributed by atoms with Gasteiger partial charge in [0.1, 0.15) is 5.25 Å². The number of carbonyl (C=O) groups excluding carboxylic acids is 1. The normalized spacial score (nSPS) is 11.9. The predicted molar refractivity (Wildman–Crippen MR) is 125 cm³/mol. The molecule has 0 saturated heterocycles. The number of hydrogen-bond donors (Lipinski definition) is 5. The summed E-state index contributed by atoms with van der Waals surface area (Å²) in [5.41, 5.74) is 6.30. The first-order chi connectivity index (χ1) is 15.7. The van der Waals surface area contributed by atoms with E-state index in [1.54, 1.807) is 48.5 Å². The van der Waals surface area contributed by atoms with Gasteiger partial charge >= 0.3 is 5.97 Å². The van der Waals surface area contributed by atoms with Crippen LogP contribution >= 0.6 is 0 Å². The van der Waals surface area contributed by atoms with Gasteiger partial charge in [-0.1, -0.05) is 48.5 Å². The number of carboxylic acid groups (broad SMARTS) is 1. The fourth-order valence-electron chi connectivity index (χ4n) is 3.29. The number of para-hydroxylation sites is 1. The number of carbonyl (C=O) groups is 2. The van der Waals surface area contributed by atoms with E-state index in [0.717, 1.165) is 0 Å². The standard InChI is InChI=1S/C23H22N4O5S/c24-23(25)26-17-10-6-9-16(13-17)22(30)27-18-11-4-5-12-19(18)33(31,32)20(14-21(28)29)15-7-2-1-3-8-15/h1-13,20H,14H2,(H,27,30)(H,28,29)(H4,24,25,26). The maximum absolute atomic E-state index is 13.5. The van der Waals surface area contributed by atoms with Gasteiger partial charge in [0.05, 0.1) is 17.0 Å². The molecule has 0 saturated carbocycles. The van der Waals surface area contributed by atoms with E-state index in [0.29, 0.717) is 11.3 Å². The van der Waals surface area contributed by atoms with Crippen molar-refractivity contribution in [3.05, 3.63) is 90.0 Å². The Morgan fingerprint density at radius 3 is 2.27 bits per heavy atom. The van der Waals surface area contributed by atoms with Crippen molar-refractivity contribution in [3.63, 3.8) is 0 Å². The quantitative estimate of drug-likeness (QED) is 0.251. The van der Waals surface area contributed by atoms with E-state index >= 15 is 0 Å². The van der Waals surface area contributed by atoms with Crippen molar-refractivity contribution >= 4 is 39.0 Å². The van der Waals surface area contributed by atoms with Gasteiger partial charge in [-0.3, -0.25) is 15.0 Å². The van der Waals surface area contributed by atoms with Crippen molar-refractivity contribution < 1.29 is 23.1 Å². The van der Waals surface area contributed by atoms with Crippen molar-refractivity contribution in [3.8, 4) is 0 Å². The van der Waals surface area contributed by atoms with Crippen LogP contribution in [0.1, 0.15) is 27.6 Å². The summed E-state index contributed by atoms with van der Waals surface area (Å²) in [5, 5.41) is 20.5. The minimum absolute atomic E-state index is 0.0266. The minimum Gasteiger partial charge on any atom is -0.481 e. The smallest absolute Gasteiger partial charge is 0.305 e. The third-order valence-corrected chi connectivity index (χ3v) is 6.91. The van der Waals surface area contributed by atoms with Gasteiger partial charge in [-0.15, -0.1) is 0 Å². The fourth-order valence-corrected chi connectivity index (χ4v) is 5.17. The maximum atomic E-state index is 13.5. The highest BCUT2D eigenvalue weighted by molar-refractivity contribution is 7.91. The summed E-state index contributed by atoms with van der Waals surface area (Å²) in [7, 11) is -4.18. The molecule has 0 fully saturated rings. The third kappa shape index (κ3) is 5.74. The lowest BCUT2D eigenvalue weighted by atomic mass is 10.1. The molecule has 0 spiro atoms. The average Bonchev–Trinajstić information content (AvgIpc) is 2.78. The van der Waals surface area contributed by atoms with Crippen LogP contribution in [-0.2, 0) is 14.6 Å². The van der Waals surface area contributed by atoms with Crippen LogP contribution in [0.2, 0.25) is 0 Å². The van der Waals surface area contributed by atoms with E-state index in [1.165, 1.54) is 30.3 Å². The molecule has 0 heterocycles. The maximum Gasteiger partial charge on any atom is 0.305 e. The summed E-state index contributed by atoms with van der Waals surface area (Å²) in [6.45, 7) is 0. The van der Waals surface area contributed by atoms with Crippen molar-refractivity contribution in [1.82, 2.24) is 0 Å². The topological polar surface area (TPSA) is 162 Å². The summed E-state index contributed by atoms with van der Waals surface area (Å²) in [6.07, 6.45) is -0.632. The van der Waals surface area contributed by atoms with E-state index in [9.17, 15) is 23.1 Å².